The number of aromatic nitrogens is 1. The molecule has 1 atom stereocenters. The minimum absolute atomic E-state index is 0.156. The summed E-state index contributed by atoms with van der Waals surface area (Å²) >= 11 is 0. The molecule has 0 aliphatic carbocycles. The number of benzene rings is 1. The predicted molar refractivity (Wildman–Crippen MR) is 110 cm³/mol. The summed E-state index contributed by atoms with van der Waals surface area (Å²) in [5, 5.41) is 0. The molecule has 1 aromatic heterocycles. The van der Waals surface area contributed by atoms with Crippen molar-refractivity contribution in [2.45, 2.75) is 20.3 Å². The molecular weight excluding hydrogens is 377 g/mol. The zero-order valence-electron chi connectivity index (χ0n) is 17.1. The highest BCUT2D eigenvalue weighted by molar-refractivity contribution is 7.65. The van der Waals surface area contributed by atoms with E-state index in [0.29, 0.717) is 40.7 Å². The highest BCUT2D eigenvalue weighted by Crippen LogP contribution is 2.34. The Hall–Kier alpha value is -2.48. The molecule has 7 heteroatoms. The molecule has 0 spiro atoms. The quantitative estimate of drug-likeness (QED) is 0.589. The van der Waals surface area contributed by atoms with Crippen molar-refractivity contribution in [1.82, 2.24) is 4.98 Å². The maximum atomic E-state index is 12.1. The lowest BCUT2D eigenvalue weighted by atomic mass is 10.1. The number of ether oxygens (including phenoxy) is 3. The SMILES string of the molecule is COc1cc(OC)c(C#Cc2cc(CC(C)C)nc(P(C)(=O)O)c2)c(OC)c1. The molecule has 1 aromatic carbocycles. The van der Waals surface area contributed by atoms with Crippen LogP contribution in [0.15, 0.2) is 24.3 Å². The number of hydrogen-bond donors (Lipinski definition) is 1. The third-order valence-corrected chi connectivity index (χ3v) is 5.03. The Kier molecular flexibility index (Phi) is 7.12. The van der Waals surface area contributed by atoms with Crippen LogP contribution in [0.1, 0.15) is 30.7 Å². The first-order valence-electron chi connectivity index (χ1n) is 8.81. The number of rotatable bonds is 6. The second-order valence-corrected chi connectivity index (χ2v) is 9.06. The van der Waals surface area contributed by atoms with Crippen molar-refractivity contribution in [3.63, 3.8) is 0 Å². The highest BCUT2D eigenvalue weighted by atomic mass is 31.2. The third kappa shape index (κ3) is 5.51. The lowest BCUT2D eigenvalue weighted by Gasteiger charge is -2.11. The Bertz CT molecular complexity index is 928. The van der Waals surface area contributed by atoms with Gasteiger partial charge in [0.1, 0.15) is 28.2 Å². The molecular formula is C21H26NO5P. The van der Waals surface area contributed by atoms with Gasteiger partial charge in [-0.25, -0.2) is 4.98 Å². The maximum absolute atomic E-state index is 12.1. The van der Waals surface area contributed by atoms with Gasteiger partial charge in [-0.05, 0) is 24.5 Å². The summed E-state index contributed by atoms with van der Waals surface area (Å²) in [6.07, 6.45) is 0.692. The van der Waals surface area contributed by atoms with Crippen LogP contribution < -0.4 is 19.6 Å². The standard InChI is InChI=1S/C21H26NO5P/c1-14(2)9-16-10-15(11-21(22-16)28(6,23)24)7-8-18-19(26-4)12-17(25-3)13-20(18)27-5/h10-14H,9H2,1-6H3,(H,23,24). The van der Waals surface area contributed by atoms with Crippen LogP contribution in [0, 0.1) is 17.8 Å². The lowest BCUT2D eigenvalue weighted by Crippen LogP contribution is -2.13. The van der Waals surface area contributed by atoms with E-state index in [9.17, 15) is 9.46 Å². The molecule has 1 unspecified atom stereocenters. The van der Waals surface area contributed by atoms with E-state index in [4.69, 9.17) is 14.2 Å². The van der Waals surface area contributed by atoms with Crippen LogP contribution in [-0.4, -0.2) is 37.9 Å². The molecule has 150 valence electrons. The molecule has 0 saturated heterocycles. The Morgan fingerprint density at radius 2 is 1.64 bits per heavy atom. The fourth-order valence-corrected chi connectivity index (χ4v) is 3.34. The molecule has 2 aromatic rings. The second-order valence-electron chi connectivity index (χ2n) is 6.84. The fourth-order valence-electron chi connectivity index (χ4n) is 2.64. The lowest BCUT2D eigenvalue weighted by molar-refractivity contribution is 0.374. The zero-order chi connectivity index (χ0) is 20.9. The van der Waals surface area contributed by atoms with Gasteiger partial charge in [-0.1, -0.05) is 25.7 Å². The van der Waals surface area contributed by atoms with Crippen molar-refractivity contribution in [3.8, 4) is 29.1 Å². The predicted octanol–water partition coefficient (Wildman–Crippen LogP) is 3.23. The van der Waals surface area contributed by atoms with E-state index in [1.165, 1.54) is 6.66 Å². The van der Waals surface area contributed by atoms with Crippen molar-refractivity contribution in [1.29, 1.82) is 0 Å². The topological polar surface area (TPSA) is 77.9 Å². The maximum Gasteiger partial charge on any atom is 0.244 e. The number of nitrogens with zero attached hydrogens (tertiary/aromatic N) is 1. The fraction of sp³-hybridized carbons (Fsp3) is 0.381. The highest BCUT2D eigenvalue weighted by Gasteiger charge is 2.18. The summed E-state index contributed by atoms with van der Waals surface area (Å²) in [4.78, 5) is 14.3. The van der Waals surface area contributed by atoms with Crippen LogP contribution in [0.2, 0.25) is 0 Å². The van der Waals surface area contributed by atoms with Gasteiger partial charge < -0.3 is 19.1 Å². The van der Waals surface area contributed by atoms with Gasteiger partial charge in [-0.15, -0.1) is 0 Å². The van der Waals surface area contributed by atoms with Crippen LogP contribution >= 0.6 is 7.37 Å². The first-order valence-corrected chi connectivity index (χ1v) is 10.9. The van der Waals surface area contributed by atoms with E-state index in [1.54, 1.807) is 39.5 Å². The van der Waals surface area contributed by atoms with Crippen molar-refractivity contribution in [3.05, 3.63) is 41.1 Å². The third-order valence-electron chi connectivity index (χ3n) is 3.95. The molecule has 0 fully saturated rings. The molecule has 0 aliphatic heterocycles. The Morgan fingerprint density at radius 1 is 1.04 bits per heavy atom. The molecule has 1 heterocycles. The minimum Gasteiger partial charge on any atom is -0.496 e. The van der Waals surface area contributed by atoms with E-state index < -0.39 is 7.37 Å². The average Bonchev–Trinajstić information content (AvgIpc) is 2.64. The molecule has 2 rings (SSSR count). The largest absolute Gasteiger partial charge is 0.496 e. The molecule has 28 heavy (non-hydrogen) atoms. The van der Waals surface area contributed by atoms with Crippen LogP contribution in [0.25, 0.3) is 0 Å². The van der Waals surface area contributed by atoms with E-state index in [1.807, 2.05) is 6.07 Å². The van der Waals surface area contributed by atoms with Crippen molar-refractivity contribution < 1.29 is 23.7 Å². The Balaban J connectivity index is 2.58. The number of methoxy groups -OCH3 is 3. The average molecular weight is 403 g/mol. The first-order chi connectivity index (χ1) is 13.2. The van der Waals surface area contributed by atoms with Gasteiger partial charge in [0.05, 0.1) is 21.3 Å². The van der Waals surface area contributed by atoms with E-state index >= 15 is 0 Å². The van der Waals surface area contributed by atoms with Gasteiger partial charge in [-0.3, -0.25) is 4.57 Å². The summed E-state index contributed by atoms with van der Waals surface area (Å²) < 4.78 is 28.2. The Morgan fingerprint density at radius 3 is 2.11 bits per heavy atom. The van der Waals surface area contributed by atoms with Crippen LogP contribution in [0.3, 0.4) is 0 Å². The molecule has 0 bridgehead atoms. The molecule has 6 nitrogen and oxygen atoms in total. The molecule has 0 saturated carbocycles. The van der Waals surface area contributed by atoms with Crippen LogP contribution in [-0.2, 0) is 11.0 Å². The number of hydrogen-bond acceptors (Lipinski definition) is 5. The summed E-state index contributed by atoms with van der Waals surface area (Å²) in [6, 6.07) is 6.85. The van der Waals surface area contributed by atoms with Crippen LogP contribution in [0.5, 0.6) is 17.2 Å². The normalized spacial score (nSPS) is 12.7. The van der Waals surface area contributed by atoms with Crippen molar-refractivity contribution >= 4 is 12.8 Å². The van der Waals surface area contributed by atoms with Crippen molar-refractivity contribution in [2.75, 3.05) is 28.0 Å². The van der Waals surface area contributed by atoms with Crippen LogP contribution in [0.4, 0.5) is 0 Å². The summed E-state index contributed by atoms with van der Waals surface area (Å²) in [7, 11) is 1.16. The van der Waals surface area contributed by atoms with Gasteiger partial charge >= 0.3 is 0 Å². The second kappa shape index (κ2) is 9.14. The smallest absolute Gasteiger partial charge is 0.244 e. The summed E-state index contributed by atoms with van der Waals surface area (Å²) in [6.45, 7) is 5.41. The molecule has 1 N–H and O–H groups in total. The van der Waals surface area contributed by atoms with Gasteiger partial charge in [0.15, 0.2) is 0 Å². The van der Waals surface area contributed by atoms with Gasteiger partial charge in [0, 0.05) is 30.1 Å². The van der Waals surface area contributed by atoms with E-state index in [0.717, 1.165) is 5.69 Å². The molecule has 0 amide bonds. The summed E-state index contributed by atoms with van der Waals surface area (Å²) in [5.41, 5.74) is 2.07. The molecule has 0 aliphatic rings. The zero-order valence-corrected chi connectivity index (χ0v) is 18.0. The van der Waals surface area contributed by atoms with Crippen molar-refractivity contribution in [2.24, 2.45) is 5.92 Å². The van der Waals surface area contributed by atoms with E-state index in [-0.39, 0.29) is 5.44 Å². The minimum atomic E-state index is -3.50. The number of pyridine rings is 1. The summed E-state index contributed by atoms with van der Waals surface area (Å²) in [5.74, 6) is 8.10. The molecule has 0 radical (unpaired) electrons. The van der Waals surface area contributed by atoms with Gasteiger partial charge in [-0.2, -0.15) is 0 Å². The van der Waals surface area contributed by atoms with Gasteiger partial charge in [0.2, 0.25) is 7.37 Å². The monoisotopic (exact) mass is 403 g/mol. The first kappa shape index (κ1) is 21.8. The van der Waals surface area contributed by atoms with E-state index in [2.05, 4.69) is 30.7 Å². The Labute approximate surface area is 166 Å². The van der Waals surface area contributed by atoms with Gasteiger partial charge in [0.25, 0.3) is 0 Å².